The summed E-state index contributed by atoms with van der Waals surface area (Å²) >= 11 is 0. The van der Waals surface area contributed by atoms with E-state index in [1.165, 1.54) is 18.2 Å². The summed E-state index contributed by atoms with van der Waals surface area (Å²) in [5.41, 5.74) is 5.24. The van der Waals surface area contributed by atoms with Crippen molar-refractivity contribution in [2.45, 2.75) is 74.4 Å². The van der Waals surface area contributed by atoms with Crippen LogP contribution in [0.3, 0.4) is 0 Å². The van der Waals surface area contributed by atoms with E-state index in [0.717, 1.165) is 4.31 Å². The van der Waals surface area contributed by atoms with Crippen LogP contribution in [0.25, 0.3) is 0 Å². The van der Waals surface area contributed by atoms with Crippen molar-refractivity contribution >= 4 is 45.8 Å². The van der Waals surface area contributed by atoms with Crippen LogP contribution in [-0.4, -0.2) is 104 Å². The summed E-state index contributed by atoms with van der Waals surface area (Å²) in [6.45, 7) is 3.70. The molecule has 1 fully saturated rings. The van der Waals surface area contributed by atoms with Crippen molar-refractivity contribution in [1.82, 2.24) is 30.9 Å². The first-order valence-corrected chi connectivity index (χ1v) is 17.1. The zero-order valence-electron chi connectivity index (χ0n) is 26.7. The maximum Gasteiger partial charge on any atom is 0.407 e. The van der Waals surface area contributed by atoms with Crippen LogP contribution in [0, 0.1) is 5.41 Å². The molecule has 3 atom stereocenters. The van der Waals surface area contributed by atoms with Gasteiger partial charge in [-0.2, -0.15) is 4.31 Å². The monoisotopic (exact) mass is 694 g/mol. The van der Waals surface area contributed by atoms with Gasteiger partial charge in [-0.3, -0.25) is 19.8 Å². The number of unbranched alkanes of at least 4 members (excludes halogenated alkanes) is 2. The minimum Gasteiger partial charge on any atom is -0.480 e. The third-order valence-electron chi connectivity index (χ3n) is 7.27. The number of benzene rings is 1. The zero-order valence-corrected chi connectivity index (χ0v) is 27.6. The highest BCUT2D eigenvalue weighted by Gasteiger charge is 2.40. The van der Waals surface area contributed by atoms with E-state index in [2.05, 4.69) is 33.2 Å². The van der Waals surface area contributed by atoms with Crippen LogP contribution in [0.2, 0.25) is 0 Å². The minimum absolute atomic E-state index is 0.0102. The molecule has 0 unspecified atom stereocenters. The number of amides is 4. The molecule has 9 N–H and O–H groups in total. The fourth-order valence-electron chi connectivity index (χ4n) is 4.83. The lowest BCUT2D eigenvalue weighted by molar-refractivity contribution is -0.142. The molecule has 0 bridgehead atoms. The number of ether oxygens (including phenoxy) is 1. The summed E-state index contributed by atoms with van der Waals surface area (Å²) < 4.78 is 32.2. The molecule has 0 aliphatic carbocycles. The minimum atomic E-state index is -4.01. The Morgan fingerprint density at radius 2 is 1.71 bits per heavy atom. The maximum absolute atomic E-state index is 13.2. The van der Waals surface area contributed by atoms with E-state index in [1.54, 1.807) is 18.2 Å². The first-order valence-electron chi connectivity index (χ1n) is 15.6. The van der Waals surface area contributed by atoms with Gasteiger partial charge in [0.1, 0.15) is 24.7 Å². The Labute approximate surface area is 280 Å². The van der Waals surface area contributed by atoms with Crippen molar-refractivity contribution in [3.8, 4) is 0 Å². The number of aliphatic carboxylic acids is 1. The van der Waals surface area contributed by atoms with E-state index in [0.29, 0.717) is 38.6 Å². The molecule has 1 aliphatic heterocycles. The highest BCUT2D eigenvalue weighted by Crippen LogP contribution is 2.26. The molecule has 4 amide bonds. The van der Waals surface area contributed by atoms with Gasteiger partial charge >= 0.3 is 12.1 Å². The smallest absolute Gasteiger partial charge is 0.407 e. The predicted octanol–water partition coefficient (Wildman–Crippen LogP) is -0.254. The summed E-state index contributed by atoms with van der Waals surface area (Å²) in [5.74, 6) is -3.55. The van der Waals surface area contributed by atoms with Crippen molar-refractivity contribution in [2.75, 3.05) is 32.8 Å². The number of hydrogen-bond donors (Lipinski definition) is 8. The highest BCUT2D eigenvalue weighted by molar-refractivity contribution is 7.89. The Bertz CT molecular complexity index is 1380. The number of carbonyl (C=O) groups excluding carboxylic acids is 4. The second-order valence-electron chi connectivity index (χ2n) is 11.0. The first-order chi connectivity index (χ1) is 22.9. The molecule has 1 aliphatic rings. The quantitative estimate of drug-likeness (QED) is 0.0360. The highest BCUT2D eigenvalue weighted by atomic mass is 32.2. The Balaban J connectivity index is 2.00. The summed E-state index contributed by atoms with van der Waals surface area (Å²) in [5, 5.41) is 29.6. The molecular formula is C30H46N8O9S. The summed E-state index contributed by atoms with van der Waals surface area (Å²) in [4.78, 5) is 62.6. The fraction of sp³-hybridized carbons (Fsp3) is 0.533. The molecule has 2 rings (SSSR count). The third kappa shape index (κ3) is 13.6. The van der Waals surface area contributed by atoms with Gasteiger partial charge in [0.05, 0.1) is 4.90 Å². The van der Waals surface area contributed by atoms with Crippen molar-refractivity contribution in [3.63, 3.8) is 0 Å². The molecule has 1 heterocycles. The number of sulfonamides is 1. The molecular weight excluding hydrogens is 648 g/mol. The summed E-state index contributed by atoms with van der Waals surface area (Å²) in [7, 11) is -4.01. The lowest BCUT2D eigenvalue weighted by atomic mass is 10.1. The van der Waals surface area contributed by atoms with Crippen LogP contribution in [0.15, 0.2) is 47.9 Å². The van der Waals surface area contributed by atoms with Crippen molar-refractivity contribution in [2.24, 2.45) is 5.73 Å². The number of nitrogens with zero attached hydrogens (tertiary/aromatic N) is 1. The number of rotatable bonds is 21. The fourth-order valence-corrected chi connectivity index (χ4v) is 6.51. The Morgan fingerprint density at radius 3 is 2.38 bits per heavy atom. The van der Waals surface area contributed by atoms with Crippen LogP contribution in [0.4, 0.5) is 4.79 Å². The van der Waals surface area contributed by atoms with E-state index >= 15 is 0 Å². The summed E-state index contributed by atoms with van der Waals surface area (Å²) in [6.07, 6.45) is 3.46. The largest absolute Gasteiger partial charge is 0.480 e. The second-order valence-corrected chi connectivity index (χ2v) is 12.8. The van der Waals surface area contributed by atoms with Gasteiger partial charge in [-0.05, 0) is 57.1 Å². The van der Waals surface area contributed by atoms with Gasteiger partial charge in [0, 0.05) is 32.6 Å². The van der Waals surface area contributed by atoms with Gasteiger partial charge in [0.25, 0.3) is 0 Å². The van der Waals surface area contributed by atoms with E-state index < -0.39 is 64.5 Å². The molecule has 1 saturated heterocycles. The van der Waals surface area contributed by atoms with Gasteiger partial charge in [0.15, 0.2) is 5.96 Å². The molecule has 0 aromatic heterocycles. The standard InChI is InChI=1S/C30H46N8O9S/c1-2-19-47-30(44)34-17-8-6-13-22(36-25(39)15-7-9-16-33-29(31)32)26(40)35-20-23(28(42)43)37-27(41)24-14-10-18-38(24)48(45,46)21-11-4-3-5-12-21/h2-5,11-12,22-24H,1,6-10,13-20H2,(H,34,44)(H,35,40)(H,36,39)(H,37,41)(H,42,43)(H4,31,32,33)/t22-,23-,24-/m0/s1. The van der Waals surface area contributed by atoms with Crippen LogP contribution >= 0.6 is 0 Å². The topological polar surface area (TPSA) is 262 Å². The van der Waals surface area contributed by atoms with Gasteiger partial charge in [0.2, 0.25) is 27.7 Å². The SMILES string of the molecule is C=CCOC(=O)NCCCC[C@H](NC(=O)CCCCNC(=N)N)C(=O)NC[C@H](NC(=O)[C@@H]1CCCN1S(=O)(=O)c1ccccc1)C(=O)O. The normalized spacial score (nSPS) is 15.7. The predicted molar refractivity (Wildman–Crippen MR) is 175 cm³/mol. The van der Waals surface area contributed by atoms with E-state index in [9.17, 15) is 37.5 Å². The van der Waals surface area contributed by atoms with Crippen LogP contribution in [0.5, 0.6) is 0 Å². The lowest BCUT2D eigenvalue weighted by Gasteiger charge is -2.25. The number of carboxylic acid groups (broad SMARTS) is 1. The molecule has 17 nitrogen and oxygen atoms in total. The van der Waals surface area contributed by atoms with E-state index in [-0.39, 0.29) is 49.8 Å². The molecule has 1 aromatic rings. The van der Waals surface area contributed by atoms with Gasteiger partial charge in [-0.1, -0.05) is 30.9 Å². The molecule has 0 spiro atoms. The van der Waals surface area contributed by atoms with Crippen molar-refractivity contribution in [3.05, 3.63) is 43.0 Å². The van der Waals surface area contributed by atoms with Crippen LogP contribution in [-0.2, 0) is 33.9 Å². The van der Waals surface area contributed by atoms with E-state index in [4.69, 9.17) is 15.9 Å². The van der Waals surface area contributed by atoms with Crippen molar-refractivity contribution in [1.29, 1.82) is 5.41 Å². The van der Waals surface area contributed by atoms with Gasteiger partial charge in [-0.15, -0.1) is 0 Å². The van der Waals surface area contributed by atoms with Crippen molar-refractivity contribution < 1.29 is 42.2 Å². The van der Waals surface area contributed by atoms with Crippen LogP contribution in [0.1, 0.15) is 51.4 Å². The number of nitrogens with one attached hydrogen (secondary N) is 6. The number of carbonyl (C=O) groups is 5. The Hall–Kier alpha value is -4.71. The average molecular weight is 695 g/mol. The average Bonchev–Trinajstić information content (AvgIpc) is 3.56. The molecule has 0 radical (unpaired) electrons. The van der Waals surface area contributed by atoms with E-state index in [1.807, 2.05) is 0 Å². The third-order valence-corrected chi connectivity index (χ3v) is 9.19. The number of nitrogens with two attached hydrogens (primary N) is 1. The molecule has 48 heavy (non-hydrogen) atoms. The maximum atomic E-state index is 13.2. The Morgan fingerprint density at radius 1 is 1.02 bits per heavy atom. The molecule has 0 saturated carbocycles. The number of carboxylic acids is 1. The molecule has 18 heteroatoms. The Kier molecular flexibility index (Phi) is 16.9. The molecule has 266 valence electrons. The number of alkyl carbamates (subject to hydrolysis) is 1. The van der Waals surface area contributed by atoms with Crippen LogP contribution < -0.4 is 32.3 Å². The zero-order chi connectivity index (χ0) is 35.5. The lowest BCUT2D eigenvalue weighted by Crippen LogP contribution is -2.55. The van der Waals surface area contributed by atoms with Gasteiger partial charge in [-0.25, -0.2) is 18.0 Å². The molecule has 1 aromatic carbocycles. The number of guanidine groups is 1. The second kappa shape index (κ2) is 20.5. The first kappa shape index (κ1) is 39.5. The summed E-state index contributed by atoms with van der Waals surface area (Å²) in [6, 6.07) is 3.84. The van der Waals surface area contributed by atoms with Gasteiger partial charge < -0.3 is 42.2 Å². The number of hydrogen-bond acceptors (Lipinski definition) is 9.